The number of rotatable bonds is 3. The van der Waals surface area contributed by atoms with Gasteiger partial charge in [0, 0.05) is 6.07 Å². The quantitative estimate of drug-likeness (QED) is 0.597. The molecule has 0 aliphatic carbocycles. The molecular formula is C8H9ClN2O2. The number of nitrogens with zero attached hydrogens (tertiary/aromatic N) is 1. The van der Waals surface area contributed by atoms with Gasteiger partial charge < -0.3 is 5.73 Å². The van der Waals surface area contributed by atoms with Gasteiger partial charge >= 0.3 is 0 Å². The Morgan fingerprint density at radius 1 is 1.54 bits per heavy atom. The number of halogens is 1. The molecule has 70 valence electrons. The normalized spacial score (nSPS) is 10.0. The van der Waals surface area contributed by atoms with E-state index >= 15 is 0 Å². The second-order valence-corrected chi connectivity index (χ2v) is 2.99. The topological polar surface area (TPSA) is 69.2 Å². The first-order chi connectivity index (χ1) is 6.15. The number of nitro groups is 1. The minimum atomic E-state index is -0.498. The van der Waals surface area contributed by atoms with Crippen LogP contribution in [0.4, 0.5) is 5.69 Å². The molecule has 0 aromatic heterocycles. The minimum absolute atomic E-state index is 0.0624. The van der Waals surface area contributed by atoms with E-state index in [0.717, 1.165) is 5.56 Å². The van der Waals surface area contributed by atoms with E-state index in [4.69, 9.17) is 17.3 Å². The van der Waals surface area contributed by atoms with Crippen molar-refractivity contribution in [1.29, 1.82) is 0 Å². The van der Waals surface area contributed by atoms with Gasteiger partial charge in [0.2, 0.25) is 0 Å². The summed E-state index contributed by atoms with van der Waals surface area (Å²) in [6.07, 6.45) is 0.623. The number of hydrogen-bond acceptors (Lipinski definition) is 3. The highest BCUT2D eigenvalue weighted by Crippen LogP contribution is 2.24. The third-order valence-electron chi connectivity index (χ3n) is 1.64. The van der Waals surface area contributed by atoms with E-state index in [2.05, 4.69) is 0 Å². The highest BCUT2D eigenvalue weighted by atomic mass is 35.5. The summed E-state index contributed by atoms with van der Waals surface area (Å²) in [7, 11) is 0. The van der Waals surface area contributed by atoms with Crippen LogP contribution in [0.3, 0.4) is 0 Å². The summed E-state index contributed by atoms with van der Waals surface area (Å²) in [6, 6.07) is 4.71. The summed E-state index contributed by atoms with van der Waals surface area (Å²) in [5.41, 5.74) is 6.09. The van der Waals surface area contributed by atoms with Crippen molar-refractivity contribution in [2.24, 2.45) is 5.73 Å². The van der Waals surface area contributed by atoms with Gasteiger partial charge in [-0.1, -0.05) is 17.7 Å². The molecule has 0 amide bonds. The highest BCUT2D eigenvalue weighted by molar-refractivity contribution is 6.32. The van der Waals surface area contributed by atoms with Gasteiger partial charge in [0.1, 0.15) is 5.02 Å². The van der Waals surface area contributed by atoms with Gasteiger partial charge in [0.05, 0.1) is 4.92 Å². The fraction of sp³-hybridized carbons (Fsp3) is 0.250. The van der Waals surface area contributed by atoms with Crippen LogP contribution in [0.1, 0.15) is 5.56 Å². The fourth-order valence-electron chi connectivity index (χ4n) is 1.02. The lowest BCUT2D eigenvalue weighted by Crippen LogP contribution is -2.03. The van der Waals surface area contributed by atoms with Gasteiger partial charge in [-0.15, -0.1) is 0 Å². The van der Waals surface area contributed by atoms with Crippen molar-refractivity contribution in [3.05, 3.63) is 38.9 Å². The Labute approximate surface area is 80.5 Å². The van der Waals surface area contributed by atoms with Crippen molar-refractivity contribution in [3.8, 4) is 0 Å². The SMILES string of the molecule is NCCc1ccc(Cl)c([N+](=O)[O-])c1. The molecule has 2 N–H and O–H groups in total. The van der Waals surface area contributed by atoms with Crippen molar-refractivity contribution >= 4 is 17.3 Å². The number of nitrogens with two attached hydrogens (primary N) is 1. The first-order valence-electron chi connectivity index (χ1n) is 3.78. The predicted molar refractivity (Wildman–Crippen MR) is 50.9 cm³/mol. The maximum absolute atomic E-state index is 10.5. The summed E-state index contributed by atoms with van der Waals surface area (Å²) in [4.78, 5) is 9.97. The van der Waals surface area contributed by atoms with Crippen molar-refractivity contribution in [3.63, 3.8) is 0 Å². The molecule has 0 saturated carbocycles. The molecular weight excluding hydrogens is 192 g/mol. The van der Waals surface area contributed by atoms with Gasteiger partial charge in [-0.05, 0) is 24.6 Å². The average Bonchev–Trinajstić information content (AvgIpc) is 2.08. The van der Waals surface area contributed by atoms with Gasteiger partial charge in [-0.3, -0.25) is 10.1 Å². The number of hydrogen-bond donors (Lipinski definition) is 1. The molecule has 0 fully saturated rings. The fourth-order valence-corrected chi connectivity index (χ4v) is 1.21. The molecule has 13 heavy (non-hydrogen) atoms. The molecule has 0 aliphatic rings. The molecule has 0 atom stereocenters. The largest absolute Gasteiger partial charge is 0.330 e. The van der Waals surface area contributed by atoms with Crippen molar-refractivity contribution in [2.75, 3.05) is 6.54 Å². The van der Waals surface area contributed by atoms with E-state index in [1.54, 1.807) is 6.07 Å². The third kappa shape index (κ3) is 2.40. The van der Waals surface area contributed by atoms with Crippen LogP contribution in [-0.2, 0) is 6.42 Å². The lowest BCUT2D eigenvalue weighted by Gasteiger charge is -1.99. The molecule has 0 aliphatic heterocycles. The lowest BCUT2D eigenvalue weighted by atomic mass is 10.1. The van der Waals surface area contributed by atoms with E-state index < -0.39 is 4.92 Å². The molecule has 4 nitrogen and oxygen atoms in total. The van der Waals surface area contributed by atoms with E-state index in [1.165, 1.54) is 12.1 Å². The Balaban J connectivity index is 3.04. The zero-order valence-corrected chi connectivity index (χ0v) is 7.62. The Morgan fingerprint density at radius 3 is 2.77 bits per heavy atom. The zero-order valence-electron chi connectivity index (χ0n) is 6.87. The summed E-state index contributed by atoms with van der Waals surface area (Å²) >= 11 is 5.62. The monoisotopic (exact) mass is 200 g/mol. The maximum Gasteiger partial charge on any atom is 0.288 e. The Bertz CT molecular complexity index is 328. The van der Waals surface area contributed by atoms with E-state index in [9.17, 15) is 10.1 Å². The third-order valence-corrected chi connectivity index (χ3v) is 1.96. The number of benzene rings is 1. The summed E-state index contributed by atoms with van der Waals surface area (Å²) in [5, 5.41) is 10.6. The molecule has 1 aromatic carbocycles. The zero-order chi connectivity index (χ0) is 9.84. The predicted octanol–water partition coefficient (Wildman–Crippen LogP) is 1.75. The van der Waals surface area contributed by atoms with Crippen LogP contribution in [0, 0.1) is 10.1 Å². The van der Waals surface area contributed by atoms with Crippen LogP contribution < -0.4 is 5.73 Å². The first-order valence-corrected chi connectivity index (χ1v) is 4.16. The summed E-state index contributed by atoms with van der Waals surface area (Å²) < 4.78 is 0. The molecule has 0 heterocycles. The van der Waals surface area contributed by atoms with Gasteiger partial charge in [0.25, 0.3) is 5.69 Å². The van der Waals surface area contributed by atoms with Gasteiger partial charge in [-0.25, -0.2) is 0 Å². The van der Waals surface area contributed by atoms with E-state index in [1.807, 2.05) is 0 Å². The number of nitro benzene ring substituents is 1. The second-order valence-electron chi connectivity index (χ2n) is 2.58. The lowest BCUT2D eigenvalue weighted by molar-refractivity contribution is -0.384. The van der Waals surface area contributed by atoms with Crippen LogP contribution >= 0.6 is 11.6 Å². The molecule has 5 heteroatoms. The molecule has 0 unspecified atom stereocenters. The van der Waals surface area contributed by atoms with Gasteiger partial charge in [0.15, 0.2) is 0 Å². The second kappa shape index (κ2) is 4.20. The minimum Gasteiger partial charge on any atom is -0.330 e. The Kier molecular flexibility index (Phi) is 3.22. The van der Waals surface area contributed by atoms with E-state index in [-0.39, 0.29) is 10.7 Å². The van der Waals surface area contributed by atoms with Crippen molar-refractivity contribution in [1.82, 2.24) is 0 Å². The van der Waals surface area contributed by atoms with Crippen LogP contribution in [0.25, 0.3) is 0 Å². The molecule has 0 saturated heterocycles. The van der Waals surface area contributed by atoms with Crippen molar-refractivity contribution in [2.45, 2.75) is 6.42 Å². The average molecular weight is 201 g/mol. The van der Waals surface area contributed by atoms with Crippen LogP contribution in [0.5, 0.6) is 0 Å². The van der Waals surface area contributed by atoms with Gasteiger partial charge in [-0.2, -0.15) is 0 Å². The van der Waals surface area contributed by atoms with E-state index in [0.29, 0.717) is 13.0 Å². The van der Waals surface area contributed by atoms with Crippen LogP contribution in [-0.4, -0.2) is 11.5 Å². The highest BCUT2D eigenvalue weighted by Gasteiger charge is 2.11. The van der Waals surface area contributed by atoms with Crippen LogP contribution in [0.15, 0.2) is 18.2 Å². The Hall–Kier alpha value is -1.13. The first kappa shape index (κ1) is 9.95. The molecule has 0 radical (unpaired) electrons. The Morgan fingerprint density at radius 2 is 2.23 bits per heavy atom. The van der Waals surface area contributed by atoms with Crippen LogP contribution in [0.2, 0.25) is 5.02 Å². The molecule has 0 bridgehead atoms. The molecule has 0 spiro atoms. The smallest absolute Gasteiger partial charge is 0.288 e. The van der Waals surface area contributed by atoms with Crippen molar-refractivity contribution < 1.29 is 4.92 Å². The molecule has 1 aromatic rings. The molecule has 1 rings (SSSR count). The maximum atomic E-state index is 10.5. The summed E-state index contributed by atoms with van der Waals surface area (Å²) in [6.45, 7) is 0.471. The standard InChI is InChI=1S/C8H9ClN2O2/c9-7-2-1-6(3-4-10)5-8(7)11(12)13/h1-2,5H,3-4,10H2. The summed E-state index contributed by atoms with van der Waals surface area (Å²) in [5.74, 6) is 0.